The molecule has 0 heterocycles. The standard InChI is InChI=1S/CH4BFP.Bi.2H/c2-4-1-3;;;/h1-2H2;;;/q-1;+1;;. The predicted octanol–water partition coefficient (Wildman–Crippen LogP) is -0.509. The third kappa shape index (κ3) is 5.31. The van der Waals surface area contributed by atoms with Gasteiger partial charge in [0.05, 0.1) is 0 Å². The van der Waals surface area contributed by atoms with E-state index in [2.05, 4.69) is 0 Å². The maximum atomic E-state index is 11.2. The van der Waals surface area contributed by atoms with E-state index in [1.807, 2.05) is 7.57 Å². The van der Waals surface area contributed by atoms with Crippen molar-refractivity contribution in [1.29, 1.82) is 0 Å². The molecule has 4 heteroatoms. The van der Waals surface area contributed by atoms with E-state index in [4.69, 9.17) is 0 Å². The first kappa shape index (κ1) is 6.31. The van der Waals surface area contributed by atoms with E-state index in [9.17, 15) is 4.39 Å². The fourth-order valence-electron chi connectivity index (χ4n) is 0. The van der Waals surface area contributed by atoms with Gasteiger partial charge in [0.2, 0.25) is 0 Å². The maximum absolute atomic E-state index is 11.2. The third-order valence-corrected chi connectivity index (χ3v) is 2.18. The molecular formula is CH6BBiFP. The number of rotatable bonds is 1. The zero-order valence-electron chi connectivity index (χ0n) is 3.11. The Morgan fingerprint density at radius 3 is 2.20 bits per heavy atom. The van der Waals surface area contributed by atoms with Gasteiger partial charge in [-0.25, -0.2) is 0 Å². The molecule has 0 saturated heterocycles. The summed E-state index contributed by atoms with van der Waals surface area (Å²) in [4.78, 5) is 0. The Kier molecular flexibility index (Phi) is 4.41. The summed E-state index contributed by atoms with van der Waals surface area (Å²) >= 11 is 0.889. The SMILES string of the molecule is B[P]([BiH2])CF. The van der Waals surface area contributed by atoms with Crippen LogP contribution in [0.5, 0.6) is 0 Å². The van der Waals surface area contributed by atoms with Crippen LogP contribution >= 0.6 is 5.09 Å². The van der Waals surface area contributed by atoms with Crippen molar-refractivity contribution in [3.8, 4) is 0 Å². The Hall–Kier alpha value is 1.31. The van der Waals surface area contributed by atoms with E-state index in [-0.39, 0.29) is 11.5 Å². The second kappa shape index (κ2) is 3.50. The van der Waals surface area contributed by atoms with Crippen molar-refractivity contribution in [3.05, 3.63) is 0 Å². The van der Waals surface area contributed by atoms with Crippen LogP contribution in [0.2, 0.25) is 0 Å². The molecule has 0 radical (unpaired) electrons. The molecule has 0 aliphatic rings. The Balaban J connectivity index is 2.54. The molecule has 0 aromatic rings. The van der Waals surface area contributed by atoms with Crippen LogP contribution < -0.4 is 0 Å². The Bertz CT molecular complexity index is 25.6. The summed E-state index contributed by atoms with van der Waals surface area (Å²) in [7, 11) is 1.99. The van der Waals surface area contributed by atoms with Crippen molar-refractivity contribution in [2.24, 2.45) is 0 Å². The van der Waals surface area contributed by atoms with Crippen LogP contribution in [0.4, 0.5) is 4.39 Å². The number of alkyl halides is 1. The van der Waals surface area contributed by atoms with Gasteiger partial charge in [-0.1, -0.05) is 0 Å². The Morgan fingerprint density at radius 2 is 2.20 bits per heavy atom. The van der Waals surface area contributed by atoms with Gasteiger partial charge in [0.1, 0.15) is 0 Å². The quantitative estimate of drug-likeness (QED) is 0.450. The van der Waals surface area contributed by atoms with Crippen molar-refractivity contribution in [2.75, 3.05) is 6.42 Å². The summed E-state index contributed by atoms with van der Waals surface area (Å²) in [5, 5.41) is -0.0983. The minimum absolute atomic E-state index is 0.0556. The summed E-state index contributed by atoms with van der Waals surface area (Å²) in [6, 6.07) is 0. The fourth-order valence-corrected chi connectivity index (χ4v) is 0. The molecule has 0 aromatic heterocycles. The van der Waals surface area contributed by atoms with Crippen molar-refractivity contribution < 1.29 is 4.39 Å². The molecule has 0 amide bonds. The van der Waals surface area contributed by atoms with Crippen LogP contribution in [0.15, 0.2) is 0 Å². The van der Waals surface area contributed by atoms with Crippen molar-refractivity contribution in [1.82, 2.24) is 0 Å². The molecular weight excluding hydrogens is 282 g/mol. The summed E-state index contributed by atoms with van der Waals surface area (Å²) < 4.78 is 11.2. The molecule has 0 aliphatic heterocycles. The zero-order valence-corrected chi connectivity index (χ0v) is 8.49. The topological polar surface area (TPSA) is 0 Å². The number of hydrogen-bond acceptors (Lipinski definition) is 0. The van der Waals surface area contributed by atoms with Crippen LogP contribution in [0.1, 0.15) is 0 Å². The van der Waals surface area contributed by atoms with E-state index >= 15 is 0 Å². The van der Waals surface area contributed by atoms with Crippen LogP contribution in [-0.4, -0.2) is 38.1 Å². The van der Waals surface area contributed by atoms with E-state index in [0.717, 1.165) is 24.1 Å². The second-order valence-corrected chi connectivity index (χ2v) is 12.9. The molecule has 0 spiro atoms. The third-order valence-electron chi connectivity index (χ3n) is 0.189. The predicted molar refractivity (Wildman–Crippen MR) is 30.0 cm³/mol. The van der Waals surface area contributed by atoms with Crippen molar-refractivity contribution in [3.63, 3.8) is 0 Å². The zero-order chi connectivity index (χ0) is 4.28. The van der Waals surface area contributed by atoms with Gasteiger partial charge in [0.15, 0.2) is 0 Å². The molecule has 30 valence electrons. The van der Waals surface area contributed by atoms with Gasteiger partial charge in [0, 0.05) is 0 Å². The number of hydrogen-bond donors (Lipinski definition) is 0. The van der Waals surface area contributed by atoms with E-state index in [1.54, 1.807) is 0 Å². The first-order chi connectivity index (χ1) is 2.27. The van der Waals surface area contributed by atoms with Crippen molar-refractivity contribution >= 4 is 36.8 Å². The summed E-state index contributed by atoms with van der Waals surface area (Å²) in [5.74, 6) is 0. The molecule has 0 bridgehead atoms. The van der Waals surface area contributed by atoms with Gasteiger partial charge in [-0.05, 0) is 0 Å². The molecule has 0 rings (SSSR count). The van der Waals surface area contributed by atoms with Gasteiger partial charge in [-0.15, -0.1) is 0 Å². The molecule has 1 unspecified atom stereocenters. The van der Waals surface area contributed by atoms with Gasteiger partial charge < -0.3 is 0 Å². The number of halogens is 1. The minimum atomic E-state index is -0.0983. The molecule has 1 atom stereocenters. The van der Waals surface area contributed by atoms with E-state index < -0.39 is 0 Å². The van der Waals surface area contributed by atoms with Crippen LogP contribution in [0.3, 0.4) is 0 Å². The van der Waals surface area contributed by atoms with Gasteiger partial charge in [0.25, 0.3) is 0 Å². The van der Waals surface area contributed by atoms with Crippen LogP contribution in [0, 0.1) is 0 Å². The molecule has 5 heavy (non-hydrogen) atoms. The fraction of sp³-hybridized carbons (Fsp3) is 1.00. The molecule has 0 aromatic carbocycles. The van der Waals surface area contributed by atoms with Crippen LogP contribution in [-0.2, 0) is 0 Å². The molecule has 0 N–H and O–H groups in total. The monoisotopic (exact) mass is 288 g/mol. The average Bonchev–Trinajstić information content (AvgIpc) is 1.38. The average molecular weight is 288 g/mol. The molecule has 0 nitrogen and oxygen atoms in total. The van der Waals surface area contributed by atoms with Gasteiger partial charge in [-0.2, -0.15) is 0 Å². The normalized spacial score (nSPS) is 14.8. The summed E-state index contributed by atoms with van der Waals surface area (Å²) in [6.45, 7) is 0. The first-order valence-electron chi connectivity index (χ1n) is 1.29. The van der Waals surface area contributed by atoms with Gasteiger partial charge >= 0.3 is 47.6 Å². The summed E-state index contributed by atoms with van der Waals surface area (Å²) in [6.07, 6.45) is -0.0556. The molecule has 0 aliphatic carbocycles. The molecule has 0 fully saturated rings. The Morgan fingerprint density at radius 1 is 2.00 bits per heavy atom. The van der Waals surface area contributed by atoms with Gasteiger partial charge in [-0.3, -0.25) is 0 Å². The summed E-state index contributed by atoms with van der Waals surface area (Å²) in [5.41, 5.74) is 0. The second-order valence-electron chi connectivity index (χ2n) is 0.877. The van der Waals surface area contributed by atoms with Crippen molar-refractivity contribution in [2.45, 2.75) is 0 Å². The first-order valence-corrected chi connectivity index (χ1v) is 9.35. The van der Waals surface area contributed by atoms with E-state index in [1.165, 1.54) is 0 Å². The molecule has 0 saturated carbocycles. The van der Waals surface area contributed by atoms with E-state index in [0.29, 0.717) is 0 Å². The Labute approximate surface area is 47.7 Å². The van der Waals surface area contributed by atoms with Crippen LogP contribution in [0.25, 0.3) is 0 Å².